The number of anilines is 1. The molecule has 1 saturated heterocycles. The first-order valence-corrected chi connectivity index (χ1v) is 12.9. The molecule has 1 N–H and O–H groups in total. The van der Waals surface area contributed by atoms with E-state index in [4.69, 9.17) is 4.74 Å². The van der Waals surface area contributed by atoms with Gasteiger partial charge < -0.3 is 9.84 Å². The highest BCUT2D eigenvalue weighted by Crippen LogP contribution is 2.45. The Kier molecular flexibility index (Phi) is 5.56. The van der Waals surface area contributed by atoms with Crippen molar-refractivity contribution in [3.63, 3.8) is 0 Å². The van der Waals surface area contributed by atoms with Crippen LogP contribution in [0.25, 0.3) is 16.0 Å². The van der Waals surface area contributed by atoms with Crippen molar-refractivity contribution < 1.29 is 23.8 Å². The topological polar surface area (TPSA) is 79.7 Å². The average Bonchev–Trinajstić information content (AvgIpc) is 3.55. The predicted octanol–water partition coefficient (Wildman–Crippen LogP) is 5.95. The molecule has 1 aromatic heterocycles. The van der Waals surface area contributed by atoms with Gasteiger partial charge in [-0.25, -0.2) is 9.37 Å². The SMILES string of the molecule is CCc1ccc([C@@H]2/C(=C(\O)c3ccc4c(c3)C[C@@H](C)O4)C(=O)C(=O)N2c2nc3ccc(F)cc3s2)cc1. The largest absolute Gasteiger partial charge is 0.507 e. The molecule has 8 heteroatoms. The predicted molar refractivity (Wildman–Crippen MR) is 140 cm³/mol. The second-order valence-corrected chi connectivity index (χ2v) is 10.3. The Hall–Kier alpha value is -4.04. The zero-order valence-corrected chi connectivity index (χ0v) is 21.0. The Labute approximate surface area is 216 Å². The lowest BCUT2D eigenvalue weighted by Gasteiger charge is -2.23. The Morgan fingerprint density at radius 2 is 1.92 bits per heavy atom. The molecule has 186 valence electrons. The molecule has 1 amide bonds. The summed E-state index contributed by atoms with van der Waals surface area (Å²) in [6, 6.07) is 16.2. The summed E-state index contributed by atoms with van der Waals surface area (Å²) in [4.78, 5) is 32.7. The number of aromatic nitrogens is 1. The Morgan fingerprint density at radius 1 is 1.14 bits per heavy atom. The molecule has 2 atom stereocenters. The fourth-order valence-corrected chi connectivity index (χ4v) is 6.01. The number of aryl methyl sites for hydroxylation is 1. The summed E-state index contributed by atoms with van der Waals surface area (Å²) in [5, 5.41) is 11.7. The minimum Gasteiger partial charge on any atom is -0.507 e. The Morgan fingerprint density at radius 3 is 2.68 bits per heavy atom. The third-order valence-electron chi connectivity index (χ3n) is 6.86. The number of thiazole rings is 1. The third-order valence-corrected chi connectivity index (χ3v) is 7.88. The number of hydrogen-bond acceptors (Lipinski definition) is 6. The van der Waals surface area contributed by atoms with Crippen molar-refractivity contribution in [3.05, 3.63) is 94.3 Å². The van der Waals surface area contributed by atoms with Crippen molar-refractivity contribution in [2.45, 2.75) is 38.8 Å². The number of halogens is 1. The van der Waals surface area contributed by atoms with E-state index >= 15 is 0 Å². The second kappa shape index (κ2) is 8.81. The van der Waals surface area contributed by atoms with Crippen LogP contribution in [0, 0.1) is 5.82 Å². The fourth-order valence-electron chi connectivity index (χ4n) is 5.00. The van der Waals surface area contributed by atoms with Crippen molar-refractivity contribution >= 4 is 44.1 Å². The highest BCUT2D eigenvalue weighted by Gasteiger charge is 2.48. The normalized spacial score (nSPS) is 20.5. The van der Waals surface area contributed by atoms with Crippen LogP contribution >= 0.6 is 11.3 Å². The summed E-state index contributed by atoms with van der Waals surface area (Å²) in [5.41, 5.74) is 3.66. The van der Waals surface area contributed by atoms with Gasteiger partial charge in [0.25, 0.3) is 5.78 Å². The molecular weight excluding hydrogens is 491 g/mol. The number of nitrogens with zero attached hydrogens (tertiary/aromatic N) is 2. The maximum absolute atomic E-state index is 13.8. The molecule has 1 fully saturated rings. The zero-order chi connectivity index (χ0) is 25.8. The number of rotatable bonds is 4. The smallest absolute Gasteiger partial charge is 0.301 e. The number of fused-ring (bicyclic) bond motifs is 2. The lowest BCUT2D eigenvalue weighted by Crippen LogP contribution is -2.29. The molecule has 37 heavy (non-hydrogen) atoms. The fraction of sp³-hybridized carbons (Fsp3) is 0.207. The number of ether oxygens (including phenoxy) is 1. The van der Waals surface area contributed by atoms with Gasteiger partial charge in [-0.1, -0.05) is 42.5 Å². The van der Waals surface area contributed by atoms with Crippen LogP contribution in [-0.2, 0) is 22.4 Å². The molecule has 6 nitrogen and oxygen atoms in total. The molecule has 3 aromatic carbocycles. The first-order chi connectivity index (χ1) is 17.8. The van der Waals surface area contributed by atoms with Gasteiger partial charge in [-0.2, -0.15) is 0 Å². The number of hydrogen-bond donors (Lipinski definition) is 1. The van der Waals surface area contributed by atoms with Gasteiger partial charge in [0.15, 0.2) is 5.13 Å². The van der Waals surface area contributed by atoms with Gasteiger partial charge in [0.05, 0.1) is 21.8 Å². The molecule has 0 bridgehead atoms. The monoisotopic (exact) mass is 514 g/mol. The van der Waals surface area contributed by atoms with E-state index in [1.807, 2.05) is 38.1 Å². The summed E-state index contributed by atoms with van der Waals surface area (Å²) in [6.45, 7) is 4.01. The van der Waals surface area contributed by atoms with Crippen molar-refractivity contribution in [1.29, 1.82) is 0 Å². The van der Waals surface area contributed by atoms with Crippen molar-refractivity contribution in [1.82, 2.24) is 4.98 Å². The van der Waals surface area contributed by atoms with Crippen LogP contribution in [-0.4, -0.2) is 27.9 Å². The molecule has 0 unspecified atom stereocenters. The van der Waals surface area contributed by atoms with E-state index in [1.165, 1.54) is 17.0 Å². The summed E-state index contributed by atoms with van der Waals surface area (Å²) in [7, 11) is 0. The van der Waals surface area contributed by atoms with Crippen LogP contribution in [0.4, 0.5) is 9.52 Å². The van der Waals surface area contributed by atoms with Crippen molar-refractivity contribution in [2.75, 3.05) is 4.90 Å². The summed E-state index contributed by atoms with van der Waals surface area (Å²) >= 11 is 1.13. The number of amides is 1. The molecule has 3 heterocycles. The lowest BCUT2D eigenvalue weighted by molar-refractivity contribution is -0.132. The molecule has 2 aliphatic heterocycles. The molecule has 2 aliphatic rings. The molecule has 0 radical (unpaired) electrons. The van der Waals surface area contributed by atoms with Gasteiger partial charge in [-0.05, 0) is 66.4 Å². The van der Waals surface area contributed by atoms with E-state index in [2.05, 4.69) is 4.98 Å². The number of benzene rings is 3. The zero-order valence-electron chi connectivity index (χ0n) is 20.2. The number of ketones is 1. The lowest BCUT2D eigenvalue weighted by atomic mass is 9.94. The maximum atomic E-state index is 13.8. The number of aliphatic hydroxyl groups is 1. The van der Waals surface area contributed by atoms with E-state index in [1.54, 1.807) is 24.3 Å². The van der Waals surface area contributed by atoms with Crippen LogP contribution in [0.2, 0.25) is 0 Å². The van der Waals surface area contributed by atoms with Gasteiger partial charge in [-0.3, -0.25) is 14.5 Å². The third kappa shape index (κ3) is 3.88. The minimum atomic E-state index is -0.889. The van der Waals surface area contributed by atoms with Gasteiger partial charge in [0.2, 0.25) is 0 Å². The van der Waals surface area contributed by atoms with E-state index in [0.717, 1.165) is 34.6 Å². The van der Waals surface area contributed by atoms with Crippen molar-refractivity contribution in [3.8, 4) is 5.75 Å². The van der Waals surface area contributed by atoms with E-state index in [0.29, 0.717) is 27.8 Å². The molecule has 0 saturated carbocycles. The number of aliphatic hydroxyl groups excluding tert-OH is 1. The maximum Gasteiger partial charge on any atom is 0.301 e. The van der Waals surface area contributed by atoms with E-state index < -0.39 is 23.5 Å². The molecule has 0 aliphatic carbocycles. The first kappa shape index (κ1) is 23.4. The highest BCUT2D eigenvalue weighted by molar-refractivity contribution is 7.22. The molecule has 0 spiro atoms. The first-order valence-electron chi connectivity index (χ1n) is 12.1. The minimum absolute atomic E-state index is 0.00778. The van der Waals surface area contributed by atoms with E-state index in [9.17, 15) is 19.1 Å². The molecule has 6 rings (SSSR count). The van der Waals surface area contributed by atoms with Crippen LogP contribution in [0.5, 0.6) is 5.75 Å². The van der Waals surface area contributed by atoms with Crippen LogP contribution in [0.15, 0.2) is 66.2 Å². The highest BCUT2D eigenvalue weighted by atomic mass is 32.1. The average molecular weight is 515 g/mol. The Bertz CT molecular complexity index is 1610. The van der Waals surface area contributed by atoms with Crippen LogP contribution in [0.1, 0.15) is 42.1 Å². The number of carbonyl (C=O) groups is 2. The molecular formula is C29H23FN2O4S. The van der Waals surface area contributed by atoms with Crippen molar-refractivity contribution in [2.24, 2.45) is 0 Å². The quantitative estimate of drug-likeness (QED) is 0.207. The molecule has 4 aromatic rings. The van der Waals surface area contributed by atoms with Gasteiger partial charge in [0.1, 0.15) is 23.4 Å². The van der Waals surface area contributed by atoms with Crippen LogP contribution < -0.4 is 9.64 Å². The summed E-state index contributed by atoms with van der Waals surface area (Å²) in [6.07, 6.45) is 1.55. The number of Topliss-reactive ketones (excluding diaryl/α,β-unsaturated/α-hetero) is 1. The van der Waals surface area contributed by atoms with Gasteiger partial charge >= 0.3 is 5.91 Å². The van der Waals surface area contributed by atoms with Crippen LogP contribution in [0.3, 0.4) is 0 Å². The van der Waals surface area contributed by atoms with E-state index in [-0.39, 0.29) is 22.6 Å². The second-order valence-electron chi connectivity index (χ2n) is 9.33. The summed E-state index contributed by atoms with van der Waals surface area (Å²) < 4.78 is 20.2. The Balaban J connectivity index is 1.53. The van der Waals surface area contributed by atoms with Gasteiger partial charge in [-0.15, -0.1) is 0 Å². The summed E-state index contributed by atoms with van der Waals surface area (Å²) in [5.74, 6) is -1.49. The standard InChI is InChI=1S/C29H23FN2O4S/c1-3-16-4-6-17(7-5-16)25-24(26(33)18-8-11-22-19(13-18)12-15(2)36-22)27(34)28(35)32(25)29-31-21-10-9-20(30)14-23(21)37-29/h4-11,13-15,25,33H,3,12H2,1-2H3/b26-24+/t15-,25-/m1/s1. The number of carbonyl (C=O) groups excluding carboxylic acids is 2. The van der Waals surface area contributed by atoms with Gasteiger partial charge in [0, 0.05) is 12.0 Å².